The summed E-state index contributed by atoms with van der Waals surface area (Å²) in [4.78, 5) is 44.3. The summed E-state index contributed by atoms with van der Waals surface area (Å²) in [5.41, 5.74) is 0. The molecule has 10 N–H and O–H groups in total. The van der Waals surface area contributed by atoms with Crippen LogP contribution in [0.2, 0.25) is 0 Å². The first-order chi connectivity index (χ1) is 18.0. The molecule has 0 aromatic rings. The second kappa shape index (κ2) is 20.9. The van der Waals surface area contributed by atoms with Crippen molar-refractivity contribution in [3.63, 3.8) is 0 Å². The van der Waals surface area contributed by atoms with Crippen LogP contribution in [0.1, 0.15) is 64.2 Å². The summed E-state index contributed by atoms with van der Waals surface area (Å²) >= 11 is 0. The molecule has 0 bridgehead atoms. The first-order valence-electron chi connectivity index (χ1n) is 12.9. The summed E-state index contributed by atoms with van der Waals surface area (Å²) < 4.78 is 0. The quantitative estimate of drug-likeness (QED) is 0.0436. The first kappa shape index (κ1) is 36.0. The van der Waals surface area contributed by atoms with Gasteiger partial charge in [0.1, 0.15) is 36.6 Å². The molecule has 0 fully saturated rings. The molecule has 0 aliphatic heterocycles. The molecule has 0 rings (SSSR count). The minimum Gasteiger partial charge on any atom is -0.387 e. The van der Waals surface area contributed by atoms with Gasteiger partial charge in [-0.05, 0) is 12.8 Å². The van der Waals surface area contributed by atoms with Crippen molar-refractivity contribution in [2.45, 2.75) is 113 Å². The summed E-state index contributed by atoms with van der Waals surface area (Å²) in [6.07, 6.45) is -6.74. The number of nitrogens with one attached hydrogen (secondary N) is 2. The lowest BCUT2D eigenvalue weighted by atomic mass is 10.0. The van der Waals surface area contributed by atoms with E-state index in [1.165, 1.54) is 0 Å². The monoisotopic (exact) mass is 552 g/mol. The molecular weight excluding hydrogens is 508 g/mol. The Hall–Kier alpha value is -2.04. The van der Waals surface area contributed by atoms with E-state index >= 15 is 0 Å². The number of hydrogen-bond donors (Lipinski definition) is 10. The number of aldehydes is 2. The van der Waals surface area contributed by atoms with E-state index < -0.39 is 60.6 Å². The average molecular weight is 553 g/mol. The van der Waals surface area contributed by atoms with Crippen LogP contribution in [0.3, 0.4) is 0 Å². The van der Waals surface area contributed by atoms with Crippen molar-refractivity contribution in [1.82, 2.24) is 10.6 Å². The second-order valence-electron chi connectivity index (χ2n) is 9.22. The van der Waals surface area contributed by atoms with Crippen LogP contribution in [0.4, 0.5) is 0 Å². The second-order valence-corrected chi connectivity index (χ2v) is 9.22. The number of rotatable bonds is 23. The van der Waals surface area contributed by atoms with Crippen LogP contribution in [0.25, 0.3) is 0 Å². The SMILES string of the molecule is O=C[C@@H](O)[C@@H](O)[C@@H](O)[C@@H](O)C(=O)NCCCCCCCCCCCCNC(=O)[C@H](O)[C@@H](O)[C@H](O)[C@H](O)C=O. The van der Waals surface area contributed by atoms with E-state index in [0.717, 1.165) is 51.4 Å². The largest absolute Gasteiger partial charge is 0.387 e. The van der Waals surface area contributed by atoms with Gasteiger partial charge in [0.25, 0.3) is 11.8 Å². The number of carbonyl (C=O) groups excluding carboxylic acids is 4. The molecule has 14 nitrogen and oxygen atoms in total. The van der Waals surface area contributed by atoms with Gasteiger partial charge in [-0.15, -0.1) is 0 Å². The summed E-state index contributed by atoms with van der Waals surface area (Å²) in [5.74, 6) is -1.81. The number of aliphatic hydroxyl groups excluding tert-OH is 8. The molecule has 0 aliphatic carbocycles. The molecule has 0 saturated heterocycles. The highest BCUT2D eigenvalue weighted by molar-refractivity contribution is 5.81. The normalized spacial score (nSPS) is 17.8. The molecule has 0 aromatic heterocycles. The summed E-state index contributed by atoms with van der Waals surface area (Å²) in [6, 6.07) is 0. The highest BCUT2D eigenvalue weighted by atomic mass is 16.4. The molecule has 0 heterocycles. The standard InChI is InChI=1S/C24H44N2O12/c27-13-15(29)17(31)19(33)21(35)23(37)25-11-9-7-5-3-1-2-4-6-8-10-12-26-24(38)22(36)20(34)18(32)16(30)14-28/h13-22,29-36H,1-12H2,(H,25,37)(H,26,38)/t15-,16-,17-,18-,19-,20+,21-,22-/m1/s1. The van der Waals surface area contributed by atoms with Crippen molar-refractivity contribution in [2.75, 3.05) is 13.1 Å². The molecule has 38 heavy (non-hydrogen) atoms. The van der Waals surface area contributed by atoms with Gasteiger partial charge in [-0.2, -0.15) is 0 Å². The smallest absolute Gasteiger partial charge is 0.251 e. The highest BCUT2D eigenvalue weighted by Gasteiger charge is 2.35. The van der Waals surface area contributed by atoms with E-state index in [1.807, 2.05) is 0 Å². The third-order valence-electron chi connectivity index (χ3n) is 6.06. The minimum atomic E-state index is -1.99. The third kappa shape index (κ3) is 14.2. The lowest BCUT2D eigenvalue weighted by Crippen LogP contribution is -2.51. The zero-order valence-corrected chi connectivity index (χ0v) is 21.5. The van der Waals surface area contributed by atoms with Crippen LogP contribution in [0.15, 0.2) is 0 Å². The van der Waals surface area contributed by atoms with Crippen LogP contribution in [0, 0.1) is 0 Å². The van der Waals surface area contributed by atoms with Gasteiger partial charge in [0, 0.05) is 13.1 Å². The summed E-state index contributed by atoms with van der Waals surface area (Å²) in [7, 11) is 0. The van der Waals surface area contributed by atoms with E-state index in [-0.39, 0.29) is 25.7 Å². The maximum atomic E-state index is 11.8. The fourth-order valence-electron chi connectivity index (χ4n) is 3.55. The van der Waals surface area contributed by atoms with Gasteiger partial charge in [0.15, 0.2) is 24.8 Å². The Balaban J connectivity index is 3.71. The molecule has 222 valence electrons. The first-order valence-corrected chi connectivity index (χ1v) is 12.9. The van der Waals surface area contributed by atoms with Crippen molar-refractivity contribution >= 4 is 24.4 Å². The van der Waals surface area contributed by atoms with Crippen molar-refractivity contribution < 1.29 is 60.0 Å². The van der Waals surface area contributed by atoms with Crippen molar-refractivity contribution in [3.05, 3.63) is 0 Å². The Bertz CT molecular complexity index is 627. The molecule has 0 unspecified atom stereocenters. The van der Waals surface area contributed by atoms with Gasteiger partial charge in [0.2, 0.25) is 0 Å². The molecule has 0 aliphatic rings. The van der Waals surface area contributed by atoms with E-state index in [2.05, 4.69) is 10.6 Å². The zero-order chi connectivity index (χ0) is 29.1. The van der Waals surface area contributed by atoms with Gasteiger partial charge in [-0.3, -0.25) is 9.59 Å². The molecule has 14 heteroatoms. The molecule has 0 radical (unpaired) electrons. The molecular formula is C24H44N2O12. The zero-order valence-electron chi connectivity index (χ0n) is 21.5. The predicted octanol–water partition coefficient (Wildman–Crippen LogP) is -3.60. The van der Waals surface area contributed by atoms with Gasteiger partial charge in [-0.1, -0.05) is 51.4 Å². The van der Waals surface area contributed by atoms with E-state index in [1.54, 1.807) is 0 Å². The average Bonchev–Trinajstić information content (AvgIpc) is 2.93. The lowest BCUT2D eigenvalue weighted by Gasteiger charge is -2.23. The number of amides is 2. The highest BCUT2D eigenvalue weighted by Crippen LogP contribution is 2.11. The van der Waals surface area contributed by atoms with Gasteiger partial charge < -0.3 is 61.1 Å². The summed E-state index contributed by atoms with van der Waals surface area (Å²) in [6.45, 7) is 0.533. The maximum Gasteiger partial charge on any atom is 0.251 e. The van der Waals surface area contributed by atoms with Crippen LogP contribution in [-0.4, -0.2) is 127 Å². The number of hydrogen-bond acceptors (Lipinski definition) is 12. The predicted molar refractivity (Wildman–Crippen MR) is 132 cm³/mol. The fourth-order valence-corrected chi connectivity index (χ4v) is 3.55. The lowest BCUT2D eigenvalue weighted by molar-refractivity contribution is -0.149. The van der Waals surface area contributed by atoms with Crippen LogP contribution in [-0.2, 0) is 19.2 Å². The van der Waals surface area contributed by atoms with E-state index in [4.69, 9.17) is 10.2 Å². The molecule has 0 spiro atoms. The number of unbranched alkanes of at least 4 members (excludes halogenated alkanes) is 9. The Kier molecular flexibility index (Phi) is 19.7. The van der Waals surface area contributed by atoms with Crippen LogP contribution < -0.4 is 10.6 Å². The molecule has 0 saturated carbocycles. The van der Waals surface area contributed by atoms with Gasteiger partial charge in [-0.25, -0.2) is 0 Å². The third-order valence-corrected chi connectivity index (χ3v) is 6.06. The van der Waals surface area contributed by atoms with Crippen molar-refractivity contribution in [1.29, 1.82) is 0 Å². The fraction of sp³-hybridized carbons (Fsp3) is 0.833. The number of aliphatic hydroxyl groups is 8. The molecule has 0 aromatic carbocycles. The van der Waals surface area contributed by atoms with Crippen molar-refractivity contribution in [2.24, 2.45) is 0 Å². The Morgan fingerprint density at radius 1 is 0.474 bits per heavy atom. The minimum absolute atomic E-state index is 0.00818. The molecule has 8 atom stereocenters. The number of carbonyl (C=O) groups is 4. The topological polar surface area (TPSA) is 254 Å². The Labute approximate surface area is 221 Å². The van der Waals surface area contributed by atoms with E-state index in [9.17, 15) is 49.8 Å². The maximum absolute atomic E-state index is 11.8. The Morgan fingerprint density at radius 2 is 0.737 bits per heavy atom. The van der Waals surface area contributed by atoms with Gasteiger partial charge in [0.05, 0.1) is 0 Å². The Morgan fingerprint density at radius 3 is 1.00 bits per heavy atom. The van der Waals surface area contributed by atoms with Crippen molar-refractivity contribution in [3.8, 4) is 0 Å². The van der Waals surface area contributed by atoms with Crippen LogP contribution in [0.5, 0.6) is 0 Å². The molecule has 2 amide bonds. The van der Waals surface area contributed by atoms with E-state index in [0.29, 0.717) is 12.8 Å². The summed E-state index contributed by atoms with van der Waals surface area (Å²) in [5, 5.41) is 80.7. The van der Waals surface area contributed by atoms with Crippen LogP contribution >= 0.6 is 0 Å². The van der Waals surface area contributed by atoms with Gasteiger partial charge >= 0.3 is 0 Å².